The zero-order chi connectivity index (χ0) is 15.4. The minimum atomic E-state index is -0.291. The van der Waals surface area contributed by atoms with E-state index in [-0.39, 0.29) is 28.6 Å². The van der Waals surface area contributed by atoms with E-state index in [0.29, 0.717) is 5.82 Å². The molecule has 1 unspecified atom stereocenters. The first-order chi connectivity index (χ1) is 9.99. The summed E-state index contributed by atoms with van der Waals surface area (Å²) in [6.07, 6.45) is 1.48. The Morgan fingerprint density at radius 1 is 1.19 bits per heavy atom. The summed E-state index contributed by atoms with van der Waals surface area (Å²) in [6, 6.07) is 9.62. The second kappa shape index (κ2) is 6.68. The van der Waals surface area contributed by atoms with Crippen LogP contribution >= 0.6 is 11.6 Å². The third-order valence-electron chi connectivity index (χ3n) is 3.14. The van der Waals surface area contributed by atoms with E-state index in [2.05, 4.69) is 15.3 Å². The lowest BCUT2D eigenvalue weighted by Gasteiger charge is -2.15. The van der Waals surface area contributed by atoms with Crippen LogP contribution in [0.3, 0.4) is 0 Å². The van der Waals surface area contributed by atoms with Crippen LogP contribution in [0.4, 0.5) is 0 Å². The third-order valence-corrected chi connectivity index (χ3v) is 3.42. The largest absolute Gasteiger partial charge is 0.344 e. The van der Waals surface area contributed by atoms with Crippen LogP contribution in [0, 0.1) is 0 Å². The van der Waals surface area contributed by atoms with Crippen molar-refractivity contribution in [2.75, 3.05) is 0 Å². The van der Waals surface area contributed by atoms with E-state index in [4.69, 9.17) is 11.6 Å². The van der Waals surface area contributed by atoms with Gasteiger partial charge in [0.05, 0.1) is 17.3 Å². The molecule has 0 saturated heterocycles. The van der Waals surface area contributed by atoms with E-state index in [1.165, 1.54) is 6.20 Å². The van der Waals surface area contributed by atoms with E-state index in [9.17, 15) is 4.79 Å². The molecular weight excluding hydrogens is 286 g/mol. The summed E-state index contributed by atoms with van der Waals surface area (Å²) < 4.78 is 0. The molecule has 1 amide bonds. The van der Waals surface area contributed by atoms with Crippen molar-refractivity contribution in [2.45, 2.75) is 32.7 Å². The van der Waals surface area contributed by atoms with Crippen LogP contribution in [-0.2, 0) is 0 Å². The smallest absolute Gasteiger partial charge is 0.272 e. The predicted octanol–water partition coefficient (Wildman–Crippen LogP) is 3.74. The molecule has 110 valence electrons. The summed E-state index contributed by atoms with van der Waals surface area (Å²) in [4.78, 5) is 20.7. The maximum absolute atomic E-state index is 12.3. The van der Waals surface area contributed by atoms with E-state index >= 15 is 0 Å². The Labute approximate surface area is 129 Å². The molecule has 0 spiro atoms. The van der Waals surface area contributed by atoms with Gasteiger partial charge in [-0.25, -0.2) is 9.97 Å². The van der Waals surface area contributed by atoms with Gasteiger partial charge >= 0.3 is 0 Å². The molecule has 0 fully saturated rings. The molecule has 1 heterocycles. The number of hydrogen-bond donors (Lipinski definition) is 1. The van der Waals surface area contributed by atoms with Gasteiger partial charge in [0.2, 0.25) is 0 Å². The SMILES string of the molecule is CC(C)c1ncc(Cl)c(C(=O)NC(C)c2ccccc2)n1. The highest BCUT2D eigenvalue weighted by Gasteiger charge is 2.17. The molecule has 2 rings (SSSR count). The molecule has 4 nitrogen and oxygen atoms in total. The molecule has 0 aliphatic carbocycles. The molecule has 0 aliphatic rings. The lowest BCUT2D eigenvalue weighted by atomic mass is 10.1. The maximum Gasteiger partial charge on any atom is 0.272 e. The fraction of sp³-hybridized carbons (Fsp3) is 0.312. The Morgan fingerprint density at radius 2 is 1.86 bits per heavy atom. The lowest BCUT2D eigenvalue weighted by molar-refractivity contribution is 0.0934. The van der Waals surface area contributed by atoms with Crippen molar-refractivity contribution < 1.29 is 4.79 Å². The molecular formula is C16H18ClN3O. The molecule has 1 atom stereocenters. The summed E-state index contributed by atoms with van der Waals surface area (Å²) in [6.45, 7) is 5.86. The number of hydrogen-bond acceptors (Lipinski definition) is 3. The summed E-state index contributed by atoms with van der Waals surface area (Å²) in [5, 5.41) is 3.17. The minimum absolute atomic E-state index is 0.118. The molecule has 0 bridgehead atoms. The topological polar surface area (TPSA) is 54.9 Å². The first kappa shape index (κ1) is 15.4. The Bertz CT molecular complexity index is 629. The van der Waals surface area contributed by atoms with Gasteiger partial charge in [-0.2, -0.15) is 0 Å². The van der Waals surface area contributed by atoms with Gasteiger partial charge in [-0.1, -0.05) is 55.8 Å². The van der Waals surface area contributed by atoms with Gasteiger partial charge in [0.1, 0.15) is 11.5 Å². The van der Waals surface area contributed by atoms with Crippen LogP contribution in [0.15, 0.2) is 36.5 Å². The number of benzene rings is 1. The van der Waals surface area contributed by atoms with E-state index in [1.54, 1.807) is 0 Å². The van der Waals surface area contributed by atoms with Crippen LogP contribution in [-0.4, -0.2) is 15.9 Å². The molecule has 2 aromatic rings. The lowest BCUT2D eigenvalue weighted by Crippen LogP contribution is -2.28. The molecule has 0 saturated carbocycles. The number of nitrogens with zero attached hydrogens (tertiary/aromatic N) is 2. The third kappa shape index (κ3) is 3.79. The van der Waals surface area contributed by atoms with Crippen molar-refractivity contribution in [1.82, 2.24) is 15.3 Å². The average Bonchev–Trinajstić information content (AvgIpc) is 2.48. The van der Waals surface area contributed by atoms with Crippen LogP contribution in [0.25, 0.3) is 0 Å². The summed E-state index contributed by atoms with van der Waals surface area (Å²) in [5.74, 6) is 0.456. The maximum atomic E-state index is 12.3. The Morgan fingerprint density at radius 3 is 2.48 bits per heavy atom. The highest BCUT2D eigenvalue weighted by Crippen LogP contribution is 2.18. The van der Waals surface area contributed by atoms with E-state index in [0.717, 1.165) is 5.56 Å². The Balaban J connectivity index is 2.19. The van der Waals surface area contributed by atoms with Gasteiger partial charge in [-0.15, -0.1) is 0 Å². The number of halogens is 1. The molecule has 1 N–H and O–H groups in total. The number of carbonyl (C=O) groups is 1. The zero-order valence-electron chi connectivity index (χ0n) is 12.3. The number of aromatic nitrogens is 2. The molecule has 0 radical (unpaired) electrons. The van der Waals surface area contributed by atoms with Crippen molar-refractivity contribution in [3.05, 3.63) is 58.6 Å². The average molecular weight is 304 g/mol. The number of carbonyl (C=O) groups excluding carboxylic acids is 1. The normalized spacial score (nSPS) is 12.2. The van der Waals surface area contributed by atoms with Crippen LogP contribution in [0.1, 0.15) is 54.6 Å². The van der Waals surface area contributed by atoms with Crippen molar-refractivity contribution in [3.8, 4) is 0 Å². The fourth-order valence-corrected chi connectivity index (χ4v) is 2.09. The second-order valence-corrected chi connectivity index (χ2v) is 5.59. The van der Waals surface area contributed by atoms with Crippen LogP contribution in [0.2, 0.25) is 5.02 Å². The fourth-order valence-electron chi connectivity index (χ4n) is 1.91. The van der Waals surface area contributed by atoms with Gasteiger partial charge in [0.15, 0.2) is 0 Å². The van der Waals surface area contributed by atoms with Gasteiger partial charge < -0.3 is 5.32 Å². The zero-order valence-corrected chi connectivity index (χ0v) is 13.1. The molecule has 1 aromatic heterocycles. The van der Waals surface area contributed by atoms with Gasteiger partial charge in [0.25, 0.3) is 5.91 Å². The monoisotopic (exact) mass is 303 g/mol. The van der Waals surface area contributed by atoms with Gasteiger partial charge in [-0.3, -0.25) is 4.79 Å². The molecule has 21 heavy (non-hydrogen) atoms. The minimum Gasteiger partial charge on any atom is -0.344 e. The molecule has 1 aromatic carbocycles. The Hall–Kier alpha value is -1.94. The summed E-state index contributed by atoms with van der Waals surface area (Å²) in [5.41, 5.74) is 1.25. The standard InChI is InChI=1S/C16H18ClN3O/c1-10(2)15-18-9-13(17)14(20-15)16(21)19-11(3)12-7-5-4-6-8-12/h4-11H,1-3H3,(H,19,21). The number of nitrogens with one attached hydrogen (secondary N) is 1. The summed E-state index contributed by atoms with van der Waals surface area (Å²) >= 11 is 6.04. The van der Waals surface area contributed by atoms with Crippen LogP contribution in [0.5, 0.6) is 0 Å². The molecule has 5 heteroatoms. The quantitative estimate of drug-likeness (QED) is 0.936. The van der Waals surface area contributed by atoms with Crippen molar-refractivity contribution >= 4 is 17.5 Å². The van der Waals surface area contributed by atoms with Crippen molar-refractivity contribution in [3.63, 3.8) is 0 Å². The molecule has 0 aliphatic heterocycles. The second-order valence-electron chi connectivity index (χ2n) is 5.19. The first-order valence-corrected chi connectivity index (χ1v) is 7.25. The Kier molecular flexibility index (Phi) is 4.91. The highest BCUT2D eigenvalue weighted by molar-refractivity contribution is 6.33. The first-order valence-electron chi connectivity index (χ1n) is 6.87. The highest BCUT2D eigenvalue weighted by atomic mass is 35.5. The van der Waals surface area contributed by atoms with Crippen LogP contribution < -0.4 is 5.32 Å². The van der Waals surface area contributed by atoms with E-state index in [1.807, 2.05) is 51.1 Å². The summed E-state index contributed by atoms with van der Waals surface area (Å²) in [7, 11) is 0. The van der Waals surface area contributed by atoms with Gasteiger partial charge in [-0.05, 0) is 12.5 Å². The number of rotatable bonds is 4. The van der Waals surface area contributed by atoms with Crippen molar-refractivity contribution in [1.29, 1.82) is 0 Å². The predicted molar refractivity (Wildman–Crippen MR) is 83.5 cm³/mol. The number of amides is 1. The van der Waals surface area contributed by atoms with Gasteiger partial charge in [0, 0.05) is 5.92 Å². The van der Waals surface area contributed by atoms with Crippen molar-refractivity contribution in [2.24, 2.45) is 0 Å². The van der Waals surface area contributed by atoms with E-state index < -0.39 is 0 Å².